The average Bonchev–Trinajstić information content (AvgIpc) is 3.22. The predicted octanol–water partition coefficient (Wildman–Crippen LogP) is 4.65. The molecule has 0 bridgehead atoms. The Labute approximate surface area is 201 Å². The molecule has 1 saturated heterocycles. The number of hydrogen-bond donors (Lipinski definition) is 1. The molecule has 8 heteroatoms. The largest absolute Gasteiger partial charge is 0.489 e. The Morgan fingerprint density at radius 2 is 1.79 bits per heavy atom. The van der Waals surface area contributed by atoms with Crippen LogP contribution < -0.4 is 10.1 Å². The molecule has 0 atom stereocenters. The van der Waals surface area contributed by atoms with E-state index in [2.05, 4.69) is 11.4 Å². The van der Waals surface area contributed by atoms with Crippen LogP contribution in [0.2, 0.25) is 0 Å². The second-order valence-corrected chi connectivity index (χ2v) is 10.8. The van der Waals surface area contributed by atoms with Gasteiger partial charge >= 0.3 is 0 Å². The number of piperidine rings is 1. The zero-order chi connectivity index (χ0) is 24.3. The fraction of sp³-hybridized carbons (Fsp3) is 0.346. The van der Waals surface area contributed by atoms with Crippen LogP contribution in [-0.2, 0) is 23.7 Å². The van der Waals surface area contributed by atoms with Crippen LogP contribution >= 0.6 is 0 Å². The lowest BCUT2D eigenvalue weighted by molar-refractivity contribution is 0.101. The van der Waals surface area contributed by atoms with E-state index in [9.17, 15) is 13.2 Å². The van der Waals surface area contributed by atoms with E-state index < -0.39 is 10.0 Å². The number of hydrogen-bond acceptors (Lipinski definition) is 4. The van der Waals surface area contributed by atoms with Crippen LogP contribution in [0.25, 0.3) is 0 Å². The molecule has 0 unspecified atom stereocenters. The number of benzene rings is 2. The second kappa shape index (κ2) is 10.0. The minimum absolute atomic E-state index is 0.152. The molecule has 2 heterocycles. The van der Waals surface area contributed by atoms with Gasteiger partial charge in [-0.05, 0) is 62.1 Å². The van der Waals surface area contributed by atoms with Gasteiger partial charge in [-0.15, -0.1) is 0 Å². The summed E-state index contributed by atoms with van der Waals surface area (Å²) < 4.78 is 34.9. The summed E-state index contributed by atoms with van der Waals surface area (Å²) >= 11 is 0. The van der Waals surface area contributed by atoms with Crippen molar-refractivity contribution in [2.75, 3.05) is 18.4 Å². The first-order valence-electron chi connectivity index (χ1n) is 11.5. The van der Waals surface area contributed by atoms with Gasteiger partial charge in [0, 0.05) is 32.0 Å². The van der Waals surface area contributed by atoms with Crippen molar-refractivity contribution in [1.82, 2.24) is 8.87 Å². The first-order valence-corrected chi connectivity index (χ1v) is 12.9. The molecule has 0 aliphatic carbocycles. The fourth-order valence-electron chi connectivity index (χ4n) is 4.18. The molecule has 4 rings (SSSR count). The Kier molecular flexibility index (Phi) is 7.09. The van der Waals surface area contributed by atoms with Gasteiger partial charge in [0.25, 0.3) is 5.91 Å². The number of amides is 1. The van der Waals surface area contributed by atoms with Crippen molar-refractivity contribution in [1.29, 1.82) is 0 Å². The maximum Gasteiger partial charge on any atom is 0.272 e. The molecule has 1 N–H and O–H groups in total. The van der Waals surface area contributed by atoms with Gasteiger partial charge in [-0.25, -0.2) is 8.42 Å². The maximum atomic E-state index is 13.0. The van der Waals surface area contributed by atoms with E-state index in [1.165, 1.54) is 22.1 Å². The van der Waals surface area contributed by atoms with E-state index in [4.69, 9.17) is 4.74 Å². The predicted molar refractivity (Wildman–Crippen MR) is 133 cm³/mol. The number of aryl methyl sites for hydroxylation is 3. The molecule has 1 aliphatic heterocycles. The Morgan fingerprint density at radius 3 is 2.50 bits per heavy atom. The van der Waals surface area contributed by atoms with Crippen LogP contribution in [0.1, 0.15) is 46.4 Å². The monoisotopic (exact) mass is 481 g/mol. The zero-order valence-electron chi connectivity index (χ0n) is 19.9. The standard InChI is InChI=1S/C26H31N3O4S/c1-19-8-7-9-21(14-19)18-33-22-10-11-24(20(2)15-22)27-26(30)25-16-23(17-28(25)3)34(31,32)29-12-5-4-6-13-29/h7-11,14-17H,4-6,12-13,18H2,1-3H3,(H,27,30). The van der Waals surface area contributed by atoms with Gasteiger partial charge < -0.3 is 14.6 Å². The van der Waals surface area contributed by atoms with E-state index in [0.717, 1.165) is 30.4 Å². The number of sulfonamides is 1. The minimum atomic E-state index is -3.60. The fourth-order valence-corrected chi connectivity index (χ4v) is 5.77. The Hall–Kier alpha value is -3.10. The topological polar surface area (TPSA) is 80.6 Å². The number of carbonyl (C=O) groups excluding carboxylic acids is 1. The SMILES string of the molecule is Cc1cccc(COc2ccc(NC(=O)c3cc(S(=O)(=O)N4CCCCC4)cn3C)c(C)c2)c1. The third-order valence-electron chi connectivity index (χ3n) is 6.10. The molecule has 0 radical (unpaired) electrons. The molecule has 2 aromatic carbocycles. The smallest absolute Gasteiger partial charge is 0.272 e. The Morgan fingerprint density at radius 1 is 1.03 bits per heavy atom. The van der Waals surface area contributed by atoms with Gasteiger partial charge in [-0.2, -0.15) is 4.31 Å². The Bertz CT molecular complexity index is 1290. The van der Waals surface area contributed by atoms with Crippen LogP contribution in [0.3, 0.4) is 0 Å². The van der Waals surface area contributed by atoms with Crippen molar-refractivity contribution in [3.8, 4) is 5.75 Å². The maximum absolute atomic E-state index is 13.0. The summed E-state index contributed by atoms with van der Waals surface area (Å²) in [6, 6.07) is 15.1. The van der Waals surface area contributed by atoms with E-state index in [1.807, 2.05) is 44.2 Å². The highest BCUT2D eigenvalue weighted by atomic mass is 32.2. The van der Waals surface area contributed by atoms with Gasteiger partial charge in [0.15, 0.2) is 0 Å². The summed E-state index contributed by atoms with van der Waals surface area (Å²) in [6.07, 6.45) is 4.28. The summed E-state index contributed by atoms with van der Waals surface area (Å²) in [6.45, 7) is 5.45. The molecule has 34 heavy (non-hydrogen) atoms. The lowest BCUT2D eigenvalue weighted by atomic mass is 10.1. The highest BCUT2D eigenvalue weighted by molar-refractivity contribution is 7.89. The molecule has 7 nitrogen and oxygen atoms in total. The number of ether oxygens (including phenoxy) is 1. The highest BCUT2D eigenvalue weighted by Crippen LogP contribution is 2.25. The van der Waals surface area contributed by atoms with Crippen molar-refractivity contribution in [3.63, 3.8) is 0 Å². The van der Waals surface area contributed by atoms with Crippen LogP contribution in [0.5, 0.6) is 5.75 Å². The third-order valence-corrected chi connectivity index (χ3v) is 7.96. The van der Waals surface area contributed by atoms with E-state index in [-0.39, 0.29) is 16.5 Å². The quantitative estimate of drug-likeness (QED) is 0.533. The van der Waals surface area contributed by atoms with Crippen LogP contribution in [0, 0.1) is 13.8 Å². The summed E-state index contributed by atoms with van der Waals surface area (Å²) in [5.74, 6) is 0.352. The molecular formula is C26H31N3O4S. The van der Waals surface area contributed by atoms with Gasteiger partial charge in [-0.1, -0.05) is 36.2 Å². The number of anilines is 1. The van der Waals surface area contributed by atoms with Gasteiger partial charge in [0.1, 0.15) is 22.9 Å². The normalized spacial score (nSPS) is 14.7. The summed E-state index contributed by atoms with van der Waals surface area (Å²) in [5.41, 5.74) is 4.06. The van der Waals surface area contributed by atoms with E-state index >= 15 is 0 Å². The van der Waals surface area contributed by atoms with Gasteiger partial charge in [0.2, 0.25) is 10.0 Å². The highest BCUT2D eigenvalue weighted by Gasteiger charge is 2.28. The van der Waals surface area contributed by atoms with Crippen molar-refractivity contribution >= 4 is 21.6 Å². The van der Waals surface area contributed by atoms with Crippen molar-refractivity contribution < 1.29 is 17.9 Å². The zero-order valence-corrected chi connectivity index (χ0v) is 20.7. The van der Waals surface area contributed by atoms with E-state index in [0.29, 0.717) is 31.1 Å². The van der Waals surface area contributed by atoms with E-state index in [1.54, 1.807) is 17.7 Å². The summed E-state index contributed by atoms with van der Waals surface area (Å²) in [4.78, 5) is 13.1. The lowest BCUT2D eigenvalue weighted by Crippen LogP contribution is -2.35. The molecule has 1 aromatic heterocycles. The summed E-state index contributed by atoms with van der Waals surface area (Å²) in [7, 11) is -1.92. The van der Waals surface area contributed by atoms with Crippen LogP contribution in [-0.4, -0.2) is 36.3 Å². The van der Waals surface area contributed by atoms with Crippen LogP contribution in [0.15, 0.2) is 59.6 Å². The molecule has 1 fully saturated rings. The van der Waals surface area contributed by atoms with Crippen molar-refractivity contribution in [2.24, 2.45) is 7.05 Å². The first-order chi connectivity index (χ1) is 16.2. The Balaban J connectivity index is 1.44. The number of nitrogens with one attached hydrogen (secondary N) is 1. The minimum Gasteiger partial charge on any atom is -0.489 e. The number of aromatic nitrogens is 1. The number of rotatable bonds is 7. The number of carbonyl (C=O) groups is 1. The molecular weight excluding hydrogens is 450 g/mol. The average molecular weight is 482 g/mol. The first kappa shape index (κ1) is 24.0. The second-order valence-electron chi connectivity index (χ2n) is 8.85. The molecule has 1 aliphatic rings. The van der Waals surface area contributed by atoms with Gasteiger partial charge in [-0.3, -0.25) is 4.79 Å². The van der Waals surface area contributed by atoms with Crippen molar-refractivity contribution in [2.45, 2.75) is 44.6 Å². The lowest BCUT2D eigenvalue weighted by Gasteiger charge is -2.25. The van der Waals surface area contributed by atoms with Crippen molar-refractivity contribution in [3.05, 3.63) is 77.1 Å². The molecule has 3 aromatic rings. The van der Waals surface area contributed by atoms with Crippen LogP contribution in [0.4, 0.5) is 5.69 Å². The molecule has 1 amide bonds. The molecule has 0 spiro atoms. The summed E-state index contributed by atoms with van der Waals surface area (Å²) in [5, 5.41) is 2.90. The molecule has 180 valence electrons. The molecule has 0 saturated carbocycles. The third kappa shape index (κ3) is 5.34. The number of nitrogens with zero attached hydrogens (tertiary/aromatic N) is 2. The van der Waals surface area contributed by atoms with Gasteiger partial charge in [0.05, 0.1) is 0 Å².